The van der Waals surface area contributed by atoms with Crippen molar-refractivity contribution in [3.8, 4) is 11.1 Å². The molecule has 0 aliphatic carbocycles. The molecule has 0 spiro atoms. The number of benzene rings is 10. The van der Waals surface area contributed by atoms with Gasteiger partial charge in [0.05, 0.1) is 8.07 Å². The Morgan fingerprint density at radius 3 is 1.54 bits per heavy atom. The van der Waals surface area contributed by atoms with Crippen LogP contribution in [0.3, 0.4) is 0 Å². The second-order valence-electron chi connectivity index (χ2n) is 17.0. The first kappa shape index (κ1) is 36.7. The molecule has 0 bridgehead atoms. The second kappa shape index (κ2) is 14.7. The van der Waals surface area contributed by atoms with Crippen molar-refractivity contribution >= 4 is 102 Å². The highest BCUT2D eigenvalue weighted by Crippen LogP contribution is 2.45. The number of fused-ring (bicyclic) bond motifs is 9. The standard InChI is InChI=1S/C57H44N2OSi/c1-61(2,3)49-32-29-46(30-33-49)58(43-16-6-4-7-17-43)45-26-22-40(23-27-45)42-25-34-52-54(37-42)50-20-12-13-21-51(50)56-53-35-31-48(38-55(53)60-57(52)56)59(44-18-8-5-9-19-44)47-28-24-39-14-10-11-15-41(39)36-47/h4-38H,1-3H3. The minimum atomic E-state index is -1.42. The lowest BCUT2D eigenvalue weighted by molar-refractivity contribution is 0.673. The molecule has 0 fully saturated rings. The molecule has 11 rings (SSSR count). The highest BCUT2D eigenvalue weighted by Gasteiger charge is 2.21. The maximum absolute atomic E-state index is 6.97. The number of hydrogen-bond donors (Lipinski definition) is 0. The Bertz CT molecular complexity index is 3390. The van der Waals surface area contributed by atoms with Gasteiger partial charge in [-0.15, -0.1) is 0 Å². The predicted octanol–water partition coefficient (Wildman–Crippen LogP) is 16.2. The molecule has 0 aliphatic rings. The summed E-state index contributed by atoms with van der Waals surface area (Å²) in [5.74, 6) is 0. The first-order valence-electron chi connectivity index (χ1n) is 21.1. The summed E-state index contributed by atoms with van der Waals surface area (Å²) in [4.78, 5) is 4.66. The summed E-state index contributed by atoms with van der Waals surface area (Å²) < 4.78 is 6.97. The molecule has 4 heteroatoms. The Balaban J connectivity index is 1.01. The molecule has 0 aliphatic heterocycles. The lowest BCUT2D eigenvalue weighted by Crippen LogP contribution is -2.37. The number of hydrogen-bond acceptors (Lipinski definition) is 3. The number of nitrogens with zero attached hydrogens (tertiary/aromatic N) is 2. The first-order valence-corrected chi connectivity index (χ1v) is 24.6. The third-order valence-electron chi connectivity index (χ3n) is 12.2. The van der Waals surface area contributed by atoms with E-state index in [1.165, 1.54) is 43.2 Å². The van der Waals surface area contributed by atoms with Crippen molar-refractivity contribution in [3.05, 3.63) is 212 Å². The van der Waals surface area contributed by atoms with Gasteiger partial charge in [-0.2, -0.15) is 0 Å². The van der Waals surface area contributed by atoms with Crippen LogP contribution in [-0.4, -0.2) is 8.07 Å². The van der Waals surface area contributed by atoms with Crippen LogP contribution >= 0.6 is 0 Å². The molecule has 1 heterocycles. The van der Waals surface area contributed by atoms with E-state index in [4.69, 9.17) is 4.42 Å². The Kier molecular flexibility index (Phi) is 8.83. The molecule has 0 amide bonds. The van der Waals surface area contributed by atoms with Gasteiger partial charge in [-0.3, -0.25) is 0 Å². The summed E-state index contributed by atoms with van der Waals surface area (Å²) in [7, 11) is -1.42. The van der Waals surface area contributed by atoms with Crippen LogP contribution in [0.15, 0.2) is 217 Å². The molecule has 0 saturated heterocycles. The van der Waals surface area contributed by atoms with Gasteiger partial charge in [0.2, 0.25) is 0 Å². The Labute approximate surface area is 357 Å². The minimum Gasteiger partial charge on any atom is -0.455 e. The van der Waals surface area contributed by atoms with Gasteiger partial charge < -0.3 is 14.2 Å². The average Bonchev–Trinajstić information content (AvgIpc) is 3.69. The average molecular weight is 801 g/mol. The topological polar surface area (TPSA) is 19.6 Å². The van der Waals surface area contributed by atoms with Crippen molar-refractivity contribution in [2.24, 2.45) is 0 Å². The van der Waals surface area contributed by atoms with Crippen molar-refractivity contribution in [1.82, 2.24) is 0 Å². The van der Waals surface area contributed by atoms with Crippen molar-refractivity contribution in [2.75, 3.05) is 9.80 Å². The summed E-state index contributed by atoms with van der Waals surface area (Å²) in [5.41, 5.74) is 10.8. The van der Waals surface area contributed by atoms with E-state index in [9.17, 15) is 0 Å². The molecule has 292 valence electrons. The molecule has 0 atom stereocenters. The van der Waals surface area contributed by atoms with E-state index < -0.39 is 8.07 Å². The highest BCUT2D eigenvalue weighted by atomic mass is 28.3. The SMILES string of the molecule is C[Si](C)(C)c1ccc(N(c2ccccc2)c2ccc(-c3ccc4c(c3)c3ccccc3c3c5ccc(N(c6ccccc6)c6ccc7ccccc7c6)cc5oc43)cc2)cc1. The van der Waals surface area contributed by atoms with Gasteiger partial charge >= 0.3 is 0 Å². The Morgan fingerprint density at radius 2 is 0.852 bits per heavy atom. The maximum atomic E-state index is 6.97. The zero-order valence-corrected chi connectivity index (χ0v) is 35.5. The Hall–Kier alpha value is -7.40. The van der Waals surface area contributed by atoms with Gasteiger partial charge in [0.25, 0.3) is 0 Å². The number of rotatable bonds is 8. The lowest BCUT2D eigenvalue weighted by Gasteiger charge is -2.26. The van der Waals surface area contributed by atoms with Crippen LogP contribution in [0.25, 0.3) is 65.4 Å². The summed E-state index contributed by atoms with van der Waals surface area (Å²) >= 11 is 0. The fourth-order valence-corrected chi connectivity index (χ4v) is 10.2. The molecular formula is C57H44N2OSi. The van der Waals surface area contributed by atoms with E-state index in [2.05, 4.69) is 242 Å². The molecule has 11 aromatic rings. The van der Waals surface area contributed by atoms with Crippen molar-refractivity contribution in [2.45, 2.75) is 19.6 Å². The normalized spacial score (nSPS) is 11.9. The Morgan fingerprint density at radius 1 is 0.344 bits per heavy atom. The zero-order chi connectivity index (χ0) is 41.1. The van der Waals surface area contributed by atoms with Crippen LogP contribution in [-0.2, 0) is 0 Å². The van der Waals surface area contributed by atoms with Gasteiger partial charge in [-0.05, 0) is 123 Å². The van der Waals surface area contributed by atoms with Gasteiger partial charge in [-0.25, -0.2) is 0 Å². The van der Waals surface area contributed by atoms with Crippen molar-refractivity contribution < 1.29 is 4.42 Å². The van der Waals surface area contributed by atoms with E-state index in [1.54, 1.807) is 0 Å². The minimum absolute atomic E-state index is 0.865. The van der Waals surface area contributed by atoms with Crippen LogP contribution in [0.2, 0.25) is 19.6 Å². The van der Waals surface area contributed by atoms with Crippen LogP contribution in [0.5, 0.6) is 0 Å². The maximum Gasteiger partial charge on any atom is 0.143 e. The van der Waals surface area contributed by atoms with Crippen molar-refractivity contribution in [3.63, 3.8) is 0 Å². The third-order valence-corrected chi connectivity index (χ3v) is 14.2. The molecule has 0 radical (unpaired) electrons. The molecule has 61 heavy (non-hydrogen) atoms. The van der Waals surface area contributed by atoms with Crippen LogP contribution in [0.4, 0.5) is 34.1 Å². The quantitative estimate of drug-likeness (QED) is 0.113. The molecule has 0 saturated carbocycles. The van der Waals surface area contributed by atoms with E-state index in [0.717, 1.165) is 61.4 Å². The summed E-state index contributed by atoms with van der Waals surface area (Å²) in [6.45, 7) is 7.19. The highest BCUT2D eigenvalue weighted by molar-refractivity contribution is 6.88. The van der Waals surface area contributed by atoms with Crippen LogP contribution in [0.1, 0.15) is 0 Å². The third kappa shape index (κ3) is 6.53. The van der Waals surface area contributed by atoms with Crippen LogP contribution < -0.4 is 15.0 Å². The van der Waals surface area contributed by atoms with Crippen LogP contribution in [0, 0.1) is 0 Å². The summed E-state index contributed by atoms with van der Waals surface area (Å²) in [5, 5.41) is 10.8. The van der Waals surface area contributed by atoms with Gasteiger partial charge in [0, 0.05) is 56.3 Å². The van der Waals surface area contributed by atoms with E-state index in [-0.39, 0.29) is 0 Å². The smallest absolute Gasteiger partial charge is 0.143 e. The molecule has 1 aromatic heterocycles. The van der Waals surface area contributed by atoms with E-state index in [1.807, 2.05) is 0 Å². The second-order valence-corrected chi connectivity index (χ2v) is 22.1. The van der Waals surface area contributed by atoms with Gasteiger partial charge in [0.15, 0.2) is 0 Å². The van der Waals surface area contributed by atoms with E-state index in [0.29, 0.717) is 0 Å². The fraction of sp³-hybridized carbons (Fsp3) is 0.0526. The number of anilines is 6. The predicted molar refractivity (Wildman–Crippen MR) is 264 cm³/mol. The largest absolute Gasteiger partial charge is 0.455 e. The van der Waals surface area contributed by atoms with Gasteiger partial charge in [-0.1, -0.05) is 146 Å². The number of para-hydroxylation sites is 2. The summed E-state index contributed by atoms with van der Waals surface area (Å²) in [6, 6.07) is 76.9. The fourth-order valence-electron chi connectivity index (χ4n) is 9.04. The lowest BCUT2D eigenvalue weighted by atomic mass is 9.94. The molecule has 10 aromatic carbocycles. The molecule has 0 unspecified atom stereocenters. The zero-order valence-electron chi connectivity index (χ0n) is 34.5. The van der Waals surface area contributed by atoms with Gasteiger partial charge in [0.1, 0.15) is 11.2 Å². The molecular weight excluding hydrogens is 757 g/mol. The van der Waals surface area contributed by atoms with Crippen molar-refractivity contribution in [1.29, 1.82) is 0 Å². The monoisotopic (exact) mass is 800 g/mol. The van der Waals surface area contributed by atoms with E-state index >= 15 is 0 Å². The molecule has 0 N–H and O–H groups in total. The summed E-state index contributed by atoms with van der Waals surface area (Å²) in [6.07, 6.45) is 0. The molecule has 3 nitrogen and oxygen atoms in total. The first-order chi connectivity index (χ1) is 29.9. The number of furan rings is 1.